The lowest BCUT2D eigenvalue weighted by atomic mass is 10.0. The molecule has 126 valence electrons. The zero-order chi connectivity index (χ0) is 17.7. The molecule has 2 aromatic rings. The van der Waals surface area contributed by atoms with Gasteiger partial charge in [0.1, 0.15) is 11.6 Å². The van der Waals surface area contributed by atoms with E-state index in [1.165, 1.54) is 12.1 Å². The van der Waals surface area contributed by atoms with E-state index >= 15 is 0 Å². The maximum absolute atomic E-state index is 13.7. The van der Waals surface area contributed by atoms with E-state index in [9.17, 15) is 14.3 Å². The number of rotatable bonds is 6. The standard InChI is InChI=1S/C20H21FO3/c1-13(2)12-24-17-8-5-15(6-9-17)10-18(20(22)23)16-7-4-14(3)19(21)11-16/h4-11,13H,12H2,1-3H3,(H,22,23)/b18-10-. The Kier molecular flexibility index (Phi) is 5.74. The topological polar surface area (TPSA) is 46.5 Å². The summed E-state index contributed by atoms with van der Waals surface area (Å²) in [6, 6.07) is 11.6. The number of carboxylic acids is 1. The molecule has 0 spiro atoms. The Bertz CT molecular complexity index is 746. The lowest BCUT2D eigenvalue weighted by molar-refractivity contribution is -0.130. The van der Waals surface area contributed by atoms with Gasteiger partial charge in [-0.05, 0) is 53.8 Å². The number of benzene rings is 2. The molecule has 1 N–H and O–H groups in total. The third kappa shape index (κ3) is 4.69. The van der Waals surface area contributed by atoms with Gasteiger partial charge in [-0.25, -0.2) is 9.18 Å². The quantitative estimate of drug-likeness (QED) is 0.612. The van der Waals surface area contributed by atoms with E-state index in [-0.39, 0.29) is 5.57 Å². The largest absolute Gasteiger partial charge is 0.493 e. The number of aryl methyl sites for hydroxylation is 1. The Morgan fingerprint density at radius 3 is 2.42 bits per heavy atom. The number of carbonyl (C=O) groups is 1. The van der Waals surface area contributed by atoms with Crippen LogP contribution >= 0.6 is 0 Å². The fourth-order valence-corrected chi connectivity index (χ4v) is 2.12. The van der Waals surface area contributed by atoms with Crippen molar-refractivity contribution in [2.45, 2.75) is 20.8 Å². The molecule has 0 aliphatic carbocycles. The van der Waals surface area contributed by atoms with Crippen LogP contribution < -0.4 is 4.74 Å². The molecule has 0 amide bonds. The Morgan fingerprint density at radius 1 is 1.21 bits per heavy atom. The minimum Gasteiger partial charge on any atom is -0.493 e. The normalized spacial score (nSPS) is 11.6. The first-order valence-electron chi connectivity index (χ1n) is 7.81. The van der Waals surface area contributed by atoms with Gasteiger partial charge in [0.05, 0.1) is 12.2 Å². The van der Waals surface area contributed by atoms with Crippen LogP contribution in [-0.2, 0) is 4.79 Å². The van der Waals surface area contributed by atoms with Crippen molar-refractivity contribution in [2.24, 2.45) is 5.92 Å². The predicted molar refractivity (Wildman–Crippen MR) is 93.4 cm³/mol. The number of aliphatic carboxylic acids is 1. The maximum atomic E-state index is 13.7. The summed E-state index contributed by atoms with van der Waals surface area (Å²) in [6.45, 7) is 6.39. The van der Waals surface area contributed by atoms with Gasteiger partial charge in [0.2, 0.25) is 0 Å². The van der Waals surface area contributed by atoms with Crippen molar-refractivity contribution in [1.82, 2.24) is 0 Å². The second-order valence-electron chi connectivity index (χ2n) is 6.10. The van der Waals surface area contributed by atoms with Gasteiger partial charge in [-0.1, -0.05) is 38.1 Å². The summed E-state index contributed by atoms with van der Waals surface area (Å²) in [7, 11) is 0. The Labute approximate surface area is 141 Å². The molecular weight excluding hydrogens is 307 g/mol. The van der Waals surface area contributed by atoms with Gasteiger partial charge in [-0.15, -0.1) is 0 Å². The first kappa shape index (κ1) is 17.7. The smallest absolute Gasteiger partial charge is 0.336 e. The van der Waals surface area contributed by atoms with Crippen molar-refractivity contribution in [1.29, 1.82) is 0 Å². The van der Waals surface area contributed by atoms with Crippen LogP contribution in [0.3, 0.4) is 0 Å². The molecule has 0 saturated heterocycles. The molecule has 0 aliphatic rings. The van der Waals surface area contributed by atoms with Crippen LogP contribution in [0.5, 0.6) is 5.75 Å². The van der Waals surface area contributed by atoms with Crippen molar-refractivity contribution < 1.29 is 19.0 Å². The molecule has 2 aromatic carbocycles. The third-order valence-electron chi connectivity index (χ3n) is 3.49. The van der Waals surface area contributed by atoms with Gasteiger partial charge in [0.15, 0.2) is 0 Å². The van der Waals surface area contributed by atoms with Crippen LogP contribution in [0.4, 0.5) is 4.39 Å². The monoisotopic (exact) mass is 328 g/mol. The molecule has 0 fully saturated rings. The van der Waals surface area contributed by atoms with E-state index < -0.39 is 11.8 Å². The fraction of sp³-hybridized carbons (Fsp3) is 0.250. The summed E-state index contributed by atoms with van der Waals surface area (Å²) in [5.41, 5.74) is 1.58. The minimum atomic E-state index is -1.10. The Balaban J connectivity index is 2.27. The lowest BCUT2D eigenvalue weighted by Crippen LogP contribution is -2.04. The molecule has 24 heavy (non-hydrogen) atoms. The zero-order valence-electron chi connectivity index (χ0n) is 14.0. The van der Waals surface area contributed by atoms with Gasteiger partial charge in [-0.3, -0.25) is 0 Å². The first-order chi connectivity index (χ1) is 11.4. The highest BCUT2D eigenvalue weighted by atomic mass is 19.1. The number of halogens is 1. The molecule has 0 bridgehead atoms. The van der Waals surface area contributed by atoms with E-state index in [4.69, 9.17) is 4.74 Å². The summed E-state index contributed by atoms with van der Waals surface area (Å²) in [6.07, 6.45) is 1.53. The number of hydrogen-bond acceptors (Lipinski definition) is 2. The molecule has 0 radical (unpaired) electrons. The molecule has 3 nitrogen and oxygen atoms in total. The van der Waals surface area contributed by atoms with Gasteiger partial charge in [-0.2, -0.15) is 0 Å². The van der Waals surface area contributed by atoms with Crippen LogP contribution in [-0.4, -0.2) is 17.7 Å². The molecule has 0 unspecified atom stereocenters. The summed E-state index contributed by atoms with van der Waals surface area (Å²) in [5, 5.41) is 9.43. The number of ether oxygens (including phenoxy) is 1. The van der Waals surface area contributed by atoms with Crippen LogP contribution in [0.15, 0.2) is 42.5 Å². The van der Waals surface area contributed by atoms with Crippen LogP contribution in [0.2, 0.25) is 0 Å². The molecule has 0 atom stereocenters. The molecule has 2 rings (SSSR count). The van der Waals surface area contributed by atoms with E-state index in [0.717, 1.165) is 5.75 Å². The molecule has 0 heterocycles. The molecule has 0 aromatic heterocycles. The molecule has 4 heteroatoms. The Hall–Kier alpha value is -2.62. The third-order valence-corrected chi connectivity index (χ3v) is 3.49. The van der Waals surface area contributed by atoms with Crippen molar-refractivity contribution in [3.8, 4) is 5.75 Å². The summed E-state index contributed by atoms with van der Waals surface area (Å²) < 4.78 is 19.3. The van der Waals surface area contributed by atoms with Crippen molar-refractivity contribution >= 4 is 17.6 Å². The first-order valence-corrected chi connectivity index (χ1v) is 7.81. The minimum absolute atomic E-state index is 0.0461. The maximum Gasteiger partial charge on any atom is 0.336 e. The van der Waals surface area contributed by atoms with Crippen LogP contribution in [0.25, 0.3) is 11.6 Å². The average molecular weight is 328 g/mol. The highest BCUT2D eigenvalue weighted by Gasteiger charge is 2.12. The second kappa shape index (κ2) is 7.77. The molecular formula is C20H21FO3. The fourth-order valence-electron chi connectivity index (χ4n) is 2.12. The summed E-state index contributed by atoms with van der Waals surface area (Å²) in [5.74, 6) is -0.353. The van der Waals surface area contributed by atoms with Gasteiger partial charge < -0.3 is 9.84 Å². The van der Waals surface area contributed by atoms with Crippen LogP contribution in [0.1, 0.15) is 30.5 Å². The highest BCUT2D eigenvalue weighted by molar-refractivity contribution is 6.20. The molecule has 0 aliphatic heterocycles. The van der Waals surface area contributed by atoms with Crippen molar-refractivity contribution in [3.63, 3.8) is 0 Å². The van der Waals surface area contributed by atoms with Crippen molar-refractivity contribution in [2.75, 3.05) is 6.61 Å². The van der Waals surface area contributed by atoms with E-state index in [1.54, 1.807) is 43.3 Å². The Morgan fingerprint density at radius 2 is 1.88 bits per heavy atom. The van der Waals surface area contributed by atoms with Crippen LogP contribution in [0, 0.1) is 18.7 Å². The van der Waals surface area contributed by atoms with Gasteiger partial charge in [0.25, 0.3) is 0 Å². The lowest BCUT2D eigenvalue weighted by Gasteiger charge is -2.09. The summed E-state index contributed by atoms with van der Waals surface area (Å²) >= 11 is 0. The highest BCUT2D eigenvalue weighted by Crippen LogP contribution is 2.22. The van der Waals surface area contributed by atoms with Gasteiger partial charge >= 0.3 is 5.97 Å². The molecule has 0 saturated carbocycles. The van der Waals surface area contributed by atoms with E-state index in [1.807, 2.05) is 0 Å². The average Bonchev–Trinajstić information content (AvgIpc) is 2.54. The SMILES string of the molecule is Cc1ccc(/C(=C/c2ccc(OCC(C)C)cc2)C(=O)O)cc1F. The number of hydrogen-bond donors (Lipinski definition) is 1. The van der Waals surface area contributed by atoms with Gasteiger partial charge in [0, 0.05) is 0 Å². The van der Waals surface area contributed by atoms with E-state index in [0.29, 0.717) is 29.2 Å². The second-order valence-corrected chi connectivity index (χ2v) is 6.10. The van der Waals surface area contributed by atoms with E-state index in [2.05, 4.69) is 13.8 Å². The predicted octanol–water partition coefficient (Wildman–Crippen LogP) is 4.79. The zero-order valence-corrected chi connectivity index (χ0v) is 14.0. The summed E-state index contributed by atoms with van der Waals surface area (Å²) in [4.78, 5) is 11.5. The van der Waals surface area contributed by atoms with Crippen molar-refractivity contribution in [3.05, 3.63) is 65.0 Å². The number of carboxylic acid groups (broad SMARTS) is 1.